The zero-order valence-corrected chi connectivity index (χ0v) is 16.4. The number of benzene rings is 2. The monoisotopic (exact) mass is 488 g/mol. The van der Waals surface area contributed by atoms with Crippen LogP contribution in [0.2, 0.25) is 5.02 Å². The average Bonchev–Trinajstić information content (AvgIpc) is 2.64. The number of anilines is 2. The third kappa shape index (κ3) is 4.93. The van der Waals surface area contributed by atoms with Crippen LogP contribution in [0.15, 0.2) is 53.3 Å². The number of ether oxygens (including phenoxy) is 1. The first-order chi connectivity index (χ1) is 13.6. The second-order valence-electron chi connectivity index (χ2n) is 5.51. The first-order valence-electron chi connectivity index (χ1n) is 7.71. The van der Waals surface area contributed by atoms with Gasteiger partial charge in [0.2, 0.25) is 5.82 Å². The number of aromatic nitrogens is 2. The van der Waals surface area contributed by atoms with Crippen LogP contribution in [0, 0.1) is 10.1 Å². The molecule has 3 aromatic rings. The van der Waals surface area contributed by atoms with Crippen LogP contribution in [-0.4, -0.2) is 14.9 Å². The lowest BCUT2D eigenvalue weighted by Gasteiger charge is -2.13. The molecule has 0 amide bonds. The maximum Gasteiger partial charge on any atom is 0.417 e. The van der Waals surface area contributed by atoms with Crippen molar-refractivity contribution >= 4 is 44.7 Å². The molecule has 150 valence electrons. The molecule has 3 rings (SSSR count). The number of alkyl halides is 3. The standard InChI is InChI=1S/C17H9BrClF3N4O3/c18-9-1-4-11(5-2-9)29-16-14(26(27)28)15(23-8-24-16)25-10-3-6-13(19)12(7-10)17(20,21)22/h1-8H,(H,23,24,25). The molecule has 7 nitrogen and oxygen atoms in total. The van der Waals surface area contributed by atoms with Gasteiger partial charge in [0.05, 0.1) is 15.5 Å². The van der Waals surface area contributed by atoms with E-state index in [1.54, 1.807) is 24.3 Å². The Morgan fingerprint density at radius 3 is 2.45 bits per heavy atom. The molecule has 0 atom stereocenters. The van der Waals surface area contributed by atoms with Crippen LogP contribution in [0.25, 0.3) is 0 Å². The second kappa shape index (κ2) is 8.21. The van der Waals surface area contributed by atoms with Gasteiger partial charge in [-0.25, -0.2) is 4.98 Å². The topological polar surface area (TPSA) is 90.2 Å². The Balaban J connectivity index is 1.98. The zero-order chi connectivity index (χ0) is 21.2. The van der Waals surface area contributed by atoms with Crippen LogP contribution in [0.1, 0.15) is 5.56 Å². The number of nitrogens with one attached hydrogen (secondary N) is 1. The molecule has 1 aromatic heterocycles. The zero-order valence-electron chi connectivity index (χ0n) is 14.1. The fourth-order valence-electron chi connectivity index (χ4n) is 2.26. The predicted octanol–water partition coefficient (Wildman–Crippen LogP) is 6.36. The predicted molar refractivity (Wildman–Crippen MR) is 103 cm³/mol. The number of nitro groups is 1. The minimum atomic E-state index is -4.69. The van der Waals surface area contributed by atoms with Gasteiger partial charge >= 0.3 is 17.7 Å². The molecule has 0 saturated heterocycles. The van der Waals surface area contributed by atoms with Crippen LogP contribution >= 0.6 is 27.5 Å². The molecule has 29 heavy (non-hydrogen) atoms. The molecule has 0 unspecified atom stereocenters. The number of hydrogen-bond donors (Lipinski definition) is 1. The molecule has 0 aliphatic rings. The highest BCUT2D eigenvalue weighted by Crippen LogP contribution is 2.39. The minimum Gasteiger partial charge on any atom is -0.434 e. The van der Waals surface area contributed by atoms with E-state index in [1.165, 1.54) is 6.07 Å². The van der Waals surface area contributed by atoms with Gasteiger partial charge in [-0.2, -0.15) is 18.2 Å². The van der Waals surface area contributed by atoms with Crippen molar-refractivity contribution in [1.29, 1.82) is 0 Å². The summed E-state index contributed by atoms with van der Waals surface area (Å²) in [6.07, 6.45) is -3.70. The Kier molecular flexibility index (Phi) is 5.89. The molecule has 0 aliphatic carbocycles. The Morgan fingerprint density at radius 2 is 1.83 bits per heavy atom. The molecule has 1 N–H and O–H groups in total. The summed E-state index contributed by atoms with van der Waals surface area (Å²) >= 11 is 8.84. The van der Waals surface area contributed by atoms with Crippen molar-refractivity contribution in [3.8, 4) is 11.6 Å². The largest absolute Gasteiger partial charge is 0.434 e. The van der Waals surface area contributed by atoms with E-state index in [-0.39, 0.29) is 23.1 Å². The highest BCUT2D eigenvalue weighted by Gasteiger charge is 2.34. The normalized spacial score (nSPS) is 11.2. The lowest BCUT2D eigenvalue weighted by molar-refractivity contribution is -0.385. The molecule has 12 heteroatoms. The van der Waals surface area contributed by atoms with Crippen LogP contribution in [0.4, 0.5) is 30.4 Å². The Bertz CT molecular complexity index is 1060. The second-order valence-corrected chi connectivity index (χ2v) is 6.83. The molecular formula is C17H9BrClF3N4O3. The van der Waals surface area contributed by atoms with E-state index in [0.717, 1.165) is 22.9 Å². The van der Waals surface area contributed by atoms with E-state index < -0.39 is 27.4 Å². The minimum absolute atomic E-state index is 0.0990. The maximum absolute atomic E-state index is 13.0. The number of halogens is 5. The van der Waals surface area contributed by atoms with Gasteiger partial charge in [0, 0.05) is 10.2 Å². The maximum atomic E-state index is 13.0. The Morgan fingerprint density at radius 1 is 1.14 bits per heavy atom. The van der Waals surface area contributed by atoms with Gasteiger partial charge in [0.25, 0.3) is 0 Å². The van der Waals surface area contributed by atoms with Crippen molar-refractivity contribution in [2.24, 2.45) is 0 Å². The summed E-state index contributed by atoms with van der Waals surface area (Å²) in [5.41, 5.74) is -1.83. The summed E-state index contributed by atoms with van der Waals surface area (Å²) in [7, 11) is 0. The van der Waals surface area contributed by atoms with Crippen LogP contribution in [-0.2, 0) is 6.18 Å². The Labute approximate surface area is 174 Å². The third-order valence-electron chi connectivity index (χ3n) is 3.53. The van der Waals surface area contributed by atoms with E-state index in [0.29, 0.717) is 0 Å². The van der Waals surface area contributed by atoms with Gasteiger partial charge in [-0.15, -0.1) is 0 Å². The number of hydrogen-bond acceptors (Lipinski definition) is 6. The van der Waals surface area contributed by atoms with E-state index >= 15 is 0 Å². The van der Waals surface area contributed by atoms with Crippen LogP contribution < -0.4 is 10.1 Å². The number of nitrogens with zero attached hydrogens (tertiary/aromatic N) is 3. The van der Waals surface area contributed by atoms with Gasteiger partial charge in [0.1, 0.15) is 12.1 Å². The molecule has 0 aliphatic heterocycles. The van der Waals surface area contributed by atoms with Crippen LogP contribution in [0.3, 0.4) is 0 Å². The van der Waals surface area contributed by atoms with Gasteiger partial charge < -0.3 is 10.1 Å². The van der Waals surface area contributed by atoms with Gasteiger partial charge in [-0.3, -0.25) is 10.1 Å². The van der Waals surface area contributed by atoms with E-state index in [1.807, 2.05) is 0 Å². The average molecular weight is 490 g/mol. The summed E-state index contributed by atoms with van der Waals surface area (Å²) < 4.78 is 45.3. The fraction of sp³-hybridized carbons (Fsp3) is 0.0588. The van der Waals surface area contributed by atoms with Gasteiger partial charge in [-0.05, 0) is 42.5 Å². The third-order valence-corrected chi connectivity index (χ3v) is 4.39. The van der Waals surface area contributed by atoms with Crippen LogP contribution in [0.5, 0.6) is 11.6 Å². The summed E-state index contributed by atoms with van der Waals surface area (Å²) in [5.74, 6) is -0.445. The highest BCUT2D eigenvalue weighted by atomic mass is 79.9. The highest BCUT2D eigenvalue weighted by molar-refractivity contribution is 9.10. The smallest absolute Gasteiger partial charge is 0.417 e. The molecule has 0 bridgehead atoms. The van der Waals surface area contributed by atoms with Crippen molar-refractivity contribution in [3.05, 3.63) is 74.0 Å². The fourth-order valence-corrected chi connectivity index (χ4v) is 2.75. The first kappa shape index (κ1) is 20.8. The molecule has 1 heterocycles. The summed E-state index contributed by atoms with van der Waals surface area (Å²) in [6, 6.07) is 9.42. The molecule has 2 aromatic carbocycles. The van der Waals surface area contributed by atoms with Crippen molar-refractivity contribution in [3.63, 3.8) is 0 Å². The molecule has 0 spiro atoms. The summed E-state index contributed by atoms with van der Waals surface area (Å²) in [6.45, 7) is 0. The van der Waals surface area contributed by atoms with Crippen molar-refractivity contribution in [1.82, 2.24) is 9.97 Å². The van der Waals surface area contributed by atoms with Crippen molar-refractivity contribution < 1.29 is 22.8 Å². The lowest BCUT2D eigenvalue weighted by atomic mass is 10.2. The van der Waals surface area contributed by atoms with Crippen molar-refractivity contribution in [2.75, 3.05) is 5.32 Å². The summed E-state index contributed by atoms with van der Waals surface area (Å²) in [4.78, 5) is 18.3. The first-order valence-corrected chi connectivity index (χ1v) is 8.89. The SMILES string of the molecule is O=[N+]([O-])c1c(Nc2ccc(Cl)c(C(F)(F)F)c2)ncnc1Oc1ccc(Br)cc1. The quantitative estimate of drug-likeness (QED) is 0.331. The molecule has 0 saturated carbocycles. The van der Waals surface area contributed by atoms with E-state index in [9.17, 15) is 23.3 Å². The van der Waals surface area contributed by atoms with Gasteiger partial charge in [0.15, 0.2) is 0 Å². The molecular weight excluding hydrogens is 481 g/mol. The van der Waals surface area contributed by atoms with Gasteiger partial charge in [-0.1, -0.05) is 27.5 Å². The molecule has 0 fully saturated rings. The number of rotatable bonds is 5. The summed E-state index contributed by atoms with van der Waals surface area (Å²) in [5, 5.41) is 13.5. The van der Waals surface area contributed by atoms with E-state index in [2.05, 4.69) is 31.2 Å². The van der Waals surface area contributed by atoms with Crippen molar-refractivity contribution in [2.45, 2.75) is 6.18 Å². The van der Waals surface area contributed by atoms with E-state index in [4.69, 9.17) is 16.3 Å². The molecule has 0 radical (unpaired) electrons. The lowest BCUT2D eigenvalue weighted by Crippen LogP contribution is -2.07. The Hall–Kier alpha value is -2.92.